The molecule has 0 unspecified atom stereocenters. The summed E-state index contributed by atoms with van der Waals surface area (Å²) in [7, 11) is 0. The fourth-order valence-electron chi connectivity index (χ4n) is 4.87. The first-order valence-electron chi connectivity index (χ1n) is 8.42. The van der Waals surface area contributed by atoms with Gasteiger partial charge < -0.3 is 10.0 Å². The van der Waals surface area contributed by atoms with E-state index < -0.39 is 0 Å². The van der Waals surface area contributed by atoms with Gasteiger partial charge in [-0.05, 0) is 37.6 Å². The number of aliphatic hydroxyl groups excluding tert-OH is 1. The lowest BCUT2D eigenvalue weighted by Crippen LogP contribution is -2.65. The molecule has 1 amide bonds. The van der Waals surface area contributed by atoms with E-state index in [0.29, 0.717) is 23.4 Å². The van der Waals surface area contributed by atoms with Crippen LogP contribution in [-0.2, 0) is 0 Å². The van der Waals surface area contributed by atoms with Crippen LogP contribution in [0.3, 0.4) is 0 Å². The first-order valence-corrected chi connectivity index (χ1v) is 8.42. The zero-order valence-corrected chi connectivity index (χ0v) is 12.8. The van der Waals surface area contributed by atoms with E-state index in [1.54, 1.807) is 12.4 Å². The molecule has 0 aliphatic carbocycles. The predicted octanol–water partition coefficient (Wildman–Crippen LogP) is 0.717. The van der Waals surface area contributed by atoms with Gasteiger partial charge in [-0.2, -0.15) is 5.10 Å². The van der Waals surface area contributed by atoms with E-state index in [-0.39, 0.29) is 18.6 Å². The summed E-state index contributed by atoms with van der Waals surface area (Å²) in [6.07, 6.45) is 8.15. The van der Waals surface area contributed by atoms with Crippen molar-refractivity contribution in [3.8, 4) is 0 Å². The number of aromatic nitrogens is 2. The Bertz CT molecular complexity index is 518. The van der Waals surface area contributed by atoms with Crippen LogP contribution in [0.5, 0.6) is 0 Å². The van der Waals surface area contributed by atoms with Crippen molar-refractivity contribution in [1.29, 1.82) is 0 Å². The largest absolute Gasteiger partial charge is 0.395 e. The molecule has 3 aliphatic rings. The van der Waals surface area contributed by atoms with Gasteiger partial charge in [-0.15, -0.1) is 0 Å². The van der Waals surface area contributed by atoms with Crippen LogP contribution in [0, 0.1) is 11.8 Å². The quantitative estimate of drug-likeness (QED) is 0.844. The van der Waals surface area contributed by atoms with Gasteiger partial charge in [-0.1, -0.05) is 6.42 Å². The minimum Gasteiger partial charge on any atom is -0.395 e. The van der Waals surface area contributed by atoms with Crippen molar-refractivity contribution in [3.05, 3.63) is 18.0 Å². The third kappa shape index (κ3) is 2.25. The Labute approximate surface area is 130 Å². The summed E-state index contributed by atoms with van der Waals surface area (Å²) in [4.78, 5) is 17.2. The smallest absolute Gasteiger partial charge is 0.257 e. The molecule has 0 spiro atoms. The second kappa shape index (κ2) is 5.66. The Morgan fingerprint density at radius 2 is 2.23 bits per heavy atom. The molecule has 120 valence electrons. The van der Waals surface area contributed by atoms with Gasteiger partial charge >= 0.3 is 0 Å². The number of likely N-dealkylation sites (tertiary alicyclic amines) is 1. The number of H-pyrrole nitrogens is 1. The maximum atomic E-state index is 12.6. The molecule has 3 aliphatic heterocycles. The fraction of sp³-hybridized carbons (Fsp3) is 0.750. The number of aliphatic hydroxyl groups is 1. The number of rotatable bonds is 2. The van der Waals surface area contributed by atoms with Gasteiger partial charge in [0.05, 0.1) is 18.4 Å². The zero-order chi connectivity index (χ0) is 15.1. The molecule has 0 aromatic carbocycles. The Kier molecular flexibility index (Phi) is 3.66. The first-order chi connectivity index (χ1) is 10.8. The van der Waals surface area contributed by atoms with E-state index in [0.717, 1.165) is 26.1 Å². The third-order valence-electron chi connectivity index (χ3n) is 5.84. The van der Waals surface area contributed by atoms with Crippen molar-refractivity contribution in [2.45, 2.75) is 37.8 Å². The number of fused-ring (bicyclic) bond motifs is 4. The van der Waals surface area contributed by atoms with Crippen molar-refractivity contribution in [2.24, 2.45) is 11.8 Å². The van der Waals surface area contributed by atoms with Crippen LogP contribution >= 0.6 is 0 Å². The van der Waals surface area contributed by atoms with E-state index >= 15 is 0 Å². The molecule has 4 heterocycles. The molecular weight excluding hydrogens is 280 g/mol. The molecule has 3 fully saturated rings. The highest BCUT2D eigenvalue weighted by Gasteiger charge is 2.47. The monoisotopic (exact) mass is 304 g/mol. The summed E-state index contributed by atoms with van der Waals surface area (Å²) < 4.78 is 0. The molecule has 6 heteroatoms. The number of nitrogens with one attached hydrogen (secondary N) is 1. The molecule has 4 rings (SSSR count). The zero-order valence-electron chi connectivity index (χ0n) is 12.8. The van der Waals surface area contributed by atoms with E-state index in [4.69, 9.17) is 0 Å². The second-order valence-corrected chi connectivity index (χ2v) is 7.00. The van der Waals surface area contributed by atoms with Gasteiger partial charge in [-0.25, -0.2) is 0 Å². The van der Waals surface area contributed by atoms with E-state index in [1.807, 2.05) is 4.90 Å². The van der Waals surface area contributed by atoms with Crippen LogP contribution in [0.15, 0.2) is 12.4 Å². The number of carbonyl (C=O) groups excluding carboxylic acids is 1. The second-order valence-electron chi connectivity index (χ2n) is 7.00. The summed E-state index contributed by atoms with van der Waals surface area (Å²) in [5.41, 5.74) is 0.640. The highest BCUT2D eigenvalue weighted by molar-refractivity contribution is 5.93. The normalized spacial score (nSPS) is 35.2. The van der Waals surface area contributed by atoms with Gasteiger partial charge in [0, 0.05) is 31.4 Å². The molecule has 4 atom stereocenters. The molecule has 2 bridgehead atoms. The lowest BCUT2D eigenvalue weighted by atomic mass is 9.72. The van der Waals surface area contributed by atoms with Gasteiger partial charge in [0.1, 0.15) is 0 Å². The van der Waals surface area contributed by atoms with Gasteiger partial charge in [0.15, 0.2) is 0 Å². The summed E-state index contributed by atoms with van der Waals surface area (Å²) in [5, 5.41) is 16.5. The number of hydrogen-bond acceptors (Lipinski definition) is 4. The van der Waals surface area contributed by atoms with E-state index in [2.05, 4.69) is 15.1 Å². The Hall–Kier alpha value is -1.40. The Morgan fingerprint density at radius 3 is 3.00 bits per heavy atom. The van der Waals surface area contributed by atoms with Gasteiger partial charge in [-0.3, -0.25) is 14.8 Å². The number of hydrogen-bond donors (Lipinski definition) is 2. The number of nitrogens with zero attached hydrogens (tertiary/aromatic N) is 3. The lowest BCUT2D eigenvalue weighted by molar-refractivity contribution is -0.0795. The molecule has 2 N–H and O–H groups in total. The standard InChI is InChI=1S/C16H24N4O2/c21-10-15-12-5-11(14-3-1-2-4-20(14)15)8-19(9-12)16(22)13-6-17-18-7-13/h6-7,11-12,14-15,21H,1-5,8-10H2,(H,17,18)/t11-,12+,14+,15+/m1/s1. The number of aromatic amines is 1. The molecule has 1 aromatic rings. The van der Waals surface area contributed by atoms with Crippen molar-refractivity contribution in [1.82, 2.24) is 20.0 Å². The minimum absolute atomic E-state index is 0.0735. The van der Waals surface area contributed by atoms with E-state index in [9.17, 15) is 9.90 Å². The summed E-state index contributed by atoms with van der Waals surface area (Å²) in [5.74, 6) is 1.02. The maximum absolute atomic E-state index is 12.6. The fourth-order valence-corrected chi connectivity index (χ4v) is 4.87. The first kappa shape index (κ1) is 14.2. The van der Waals surface area contributed by atoms with Crippen molar-refractivity contribution < 1.29 is 9.90 Å². The lowest BCUT2D eigenvalue weighted by Gasteiger charge is -2.56. The van der Waals surface area contributed by atoms with Crippen LogP contribution in [-0.4, -0.2) is 69.3 Å². The van der Waals surface area contributed by atoms with Crippen LogP contribution in [0.1, 0.15) is 36.0 Å². The molecule has 22 heavy (non-hydrogen) atoms. The third-order valence-corrected chi connectivity index (χ3v) is 5.84. The summed E-state index contributed by atoms with van der Waals surface area (Å²) >= 11 is 0. The Balaban J connectivity index is 1.57. The van der Waals surface area contributed by atoms with Crippen molar-refractivity contribution >= 4 is 5.91 Å². The number of carbonyl (C=O) groups is 1. The highest BCUT2D eigenvalue weighted by atomic mass is 16.3. The number of piperidine rings is 3. The molecule has 0 saturated carbocycles. The molecule has 3 saturated heterocycles. The molecular formula is C16H24N4O2. The highest BCUT2D eigenvalue weighted by Crippen LogP contribution is 2.41. The Morgan fingerprint density at radius 1 is 1.36 bits per heavy atom. The number of amides is 1. The average molecular weight is 304 g/mol. The van der Waals surface area contributed by atoms with Crippen LogP contribution in [0.4, 0.5) is 0 Å². The SMILES string of the molecule is O=C(c1cn[nH]c1)N1C[C@H]2C[C@@H](C1)[C@H](CO)N1CCCC[C@@H]21. The van der Waals surface area contributed by atoms with Crippen LogP contribution in [0.2, 0.25) is 0 Å². The molecule has 1 aromatic heterocycles. The topological polar surface area (TPSA) is 72.5 Å². The van der Waals surface area contributed by atoms with Gasteiger partial charge in [0.25, 0.3) is 5.91 Å². The minimum atomic E-state index is 0.0735. The van der Waals surface area contributed by atoms with Crippen LogP contribution in [0.25, 0.3) is 0 Å². The molecule has 6 nitrogen and oxygen atoms in total. The average Bonchev–Trinajstić information content (AvgIpc) is 3.09. The van der Waals surface area contributed by atoms with Crippen molar-refractivity contribution in [3.63, 3.8) is 0 Å². The summed E-state index contributed by atoms with van der Waals surface area (Å²) in [6.45, 7) is 2.93. The van der Waals surface area contributed by atoms with Crippen molar-refractivity contribution in [2.75, 3.05) is 26.2 Å². The van der Waals surface area contributed by atoms with Crippen LogP contribution < -0.4 is 0 Å². The predicted molar refractivity (Wildman–Crippen MR) is 81.3 cm³/mol. The molecule has 0 radical (unpaired) electrons. The summed E-state index contributed by atoms with van der Waals surface area (Å²) in [6, 6.07) is 0.767. The maximum Gasteiger partial charge on any atom is 0.257 e. The van der Waals surface area contributed by atoms with E-state index in [1.165, 1.54) is 19.3 Å². The van der Waals surface area contributed by atoms with Gasteiger partial charge in [0.2, 0.25) is 0 Å².